The lowest BCUT2D eigenvalue weighted by atomic mass is 10.2. The van der Waals surface area contributed by atoms with Gasteiger partial charge in [0.15, 0.2) is 0 Å². The molecule has 120 valence electrons. The summed E-state index contributed by atoms with van der Waals surface area (Å²) in [6.45, 7) is 2.20. The maximum Gasteiger partial charge on any atom is 0.312 e. The van der Waals surface area contributed by atoms with Crippen LogP contribution in [0.15, 0.2) is 48.5 Å². The molecule has 0 spiro atoms. The molecule has 0 unspecified atom stereocenters. The molecule has 0 atom stereocenters. The van der Waals surface area contributed by atoms with E-state index in [9.17, 15) is 9.59 Å². The Balaban J connectivity index is 1.86. The molecule has 0 heterocycles. The van der Waals surface area contributed by atoms with Crippen LogP contribution in [0.4, 0.5) is 10.5 Å². The van der Waals surface area contributed by atoms with Gasteiger partial charge >= 0.3 is 6.03 Å². The van der Waals surface area contributed by atoms with Crippen molar-refractivity contribution in [3.05, 3.63) is 54.1 Å². The highest BCUT2D eigenvalue weighted by molar-refractivity contribution is 5.91. The molecule has 0 bridgehead atoms. The van der Waals surface area contributed by atoms with Crippen LogP contribution >= 0.6 is 0 Å². The summed E-state index contributed by atoms with van der Waals surface area (Å²) in [4.78, 5) is 22.2. The van der Waals surface area contributed by atoms with Crippen molar-refractivity contribution in [2.75, 3.05) is 11.9 Å². The van der Waals surface area contributed by atoms with Gasteiger partial charge in [0.25, 0.3) is 0 Å². The van der Waals surface area contributed by atoms with Crippen molar-refractivity contribution in [3.63, 3.8) is 0 Å². The van der Waals surface area contributed by atoms with Gasteiger partial charge in [-0.25, -0.2) is 4.79 Å². The van der Waals surface area contributed by atoms with E-state index in [2.05, 4.69) is 10.6 Å². The number of benzene rings is 2. The Morgan fingerprint density at radius 3 is 2.48 bits per heavy atom. The molecular weight excluding hydrogens is 294 g/mol. The molecule has 0 aliphatic rings. The highest BCUT2D eigenvalue weighted by Gasteiger charge is 2.04. The van der Waals surface area contributed by atoms with Gasteiger partial charge in [-0.3, -0.25) is 4.79 Å². The molecule has 4 N–H and O–H groups in total. The quantitative estimate of drug-likeness (QED) is 0.765. The Hall–Kier alpha value is -3.02. The van der Waals surface area contributed by atoms with Crippen molar-refractivity contribution in [2.24, 2.45) is 5.73 Å². The van der Waals surface area contributed by atoms with Gasteiger partial charge in [0.1, 0.15) is 11.5 Å². The van der Waals surface area contributed by atoms with Gasteiger partial charge in [-0.15, -0.1) is 0 Å². The van der Waals surface area contributed by atoms with Crippen molar-refractivity contribution >= 4 is 17.6 Å². The molecule has 0 aliphatic heterocycles. The first-order valence-electron chi connectivity index (χ1n) is 7.21. The van der Waals surface area contributed by atoms with E-state index in [1.807, 2.05) is 31.2 Å². The first-order chi connectivity index (χ1) is 11.0. The molecule has 0 aliphatic carbocycles. The summed E-state index contributed by atoms with van der Waals surface area (Å²) in [6, 6.07) is 14.2. The highest BCUT2D eigenvalue weighted by atomic mass is 16.5. The van der Waals surface area contributed by atoms with Crippen LogP contribution in [0.5, 0.6) is 11.5 Å². The molecule has 2 rings (SSSR count). The third-order valence-corrected chi connectivity index (χ3v) is 3.01. The number of carbonyl (C=O) groups excluding carboxylic acids is 2. The minimum atomic E-state index is -0.643. The van der Waals surface area contributed by atoms with Crippen LogP contribution in [-0.2, 0) is 4.79 Å². The summed E-state index contributed by atoms with van der Waals surface area (Å²) < 4.78 is 5.74. The normalized spacial score (nSPS) is 9.96. The predicted molar refractivity (Wildman–Crippen MR) is 88.5 cm³/mol. The zero-order chi connectivity index (χ0) is 16.7. The second-order valence-electron chi connectivity index (χ2n) is 5.03. The number of carbonyl (C=O) groups is 2. The third-order valence-electron chi connectivity index (χ3n) is 3.01. The average molecular weight is 313 g/mol. The number of anilines is 1. The number of hydrogen-bond donors (Lipinski definition) is 3. The summed E-state index contributed by atoms with van der Waals surface area (Å²) in [5.41, 5.74) is 6.70. The zero-order valence-electron chi connectivity index (χ0n) is 12.8. The molecule has 0 saturated heterocycles. The molecule has 3 amide bonds. The van der Waals surface area contributed by atoms with E-state index in [-0.39, 0.29) is 18.9 Å². The molecule has 2 aromatic carbocycles. The van der Waals surface area contributed by atoms with Crippen LogP contribution in [-0.4, -0.2) is 18.5 Å². The lowest BCUT2D eigenvalue weighted by molar-refractivity contribution is -0.116. The van der Waals surface area contributed by atoms with E-state index in [0.29, 0.717) is 11.4 Å². The second-order valence-corrected chi connectivity index (χ2v) is 5.03. The Labute approximate surface area is 134 Å². The van der Waals surface area contributed by atoms with Gasteiger partial charge in [0.05, 0.1) is 0 Å². The topological polar surface area (TPSA) is 93.4 Å². The van der Waals surface area contributed by atoms with E-state index in [0.717, 1.165) is 11.3 Å². The molecule has 0 fully saturated rings. The van der Waals surface area contributed by atoms with Crippen LogP contribution in [0.2, 0.25) is 0 Å². The first-order valence-corrected chi connectivity index (χ1v) is 7.21. The molecule has 2 aromatic rings. The number of urea groups is 1. The van der Waals surface area contributed by atoms with E-state index in [4.69, 9.17) is 10.5 Å². The van der Waals surface area contributed by atoms with Crippen LogP contribution in [0.25, 0.3) is 0 Å². The number of hydrogen-bond acceptors (Lipinski definition) is 3. The highest BCUT2D eigenvalue weighted by Crippen LogP contribution is 2.23. The molecule has 0 aromatic heterocycles. The van der Waals surface area contributed by atoms with E-state index >= 15 is 0 Å². The maximum atomic E-state index is 11.7. The van der Waals surface area contributed by atoms with E-state index in [1.54, 1.807) is 24.3 Å². The van der Waals surface area contributed by atoms with Crippen molar-refractivity contribution < 1.29 is 14.3 Å². The van der Waals surface area contributed by atoms with Gasteiger partial charge in [-0.2, -0.15) is 0 Å². The minimum absolute atomic E-state index is 0.157. The fraction of sp³-hybridized carbons (Fsp3) is 0.176. The Kier molecular flexibility index (Phi) is 5.57. The van der Waals surface area contributed by atoms with E-state index in [1.165, 1.54) is 0 Å². The minimum Gasteiger partial charge on any atom is -0.457 e. The van der Waals surface area contributed by atoms with Crippen molar-refractivity contribution in [3.8, 4) is 11.5 Å². The molecular formula is C17H19N3O3. The smallest absolute Gasteiger partial charge is 0.312 e. The fourth-order valence-corrected chi connectivity index (χ4v) is 1.94. The second kappa shape index (κ2) is 7.84. The number of amides is 3. The number of ether oxygens (including phenoxy) is 1. The number of nitrogens with two attached hydrogens (primary N) is 1. The summed E-state index contributed by atoms with van der Waals surface area (Å²) in [7, 11) is 0. The molecule has 23 heavy (non-hydrogen) atoms. The van der Waals surface area contributed by atoms with Gasteiger partial charge in [-0.05, 0) is 48.9 Å². The summed E-state index contributed by atoms with van der Waals surface area (Å²) in [5, 5.41) is 5.09. The van der Waals surface area contributed by atoms with Crippen LogP contribution in [0.1, 0.15) is 12.0 Å². The van der Waals surface area contributed by atoms with Crippen LogP contribution < -0.4 is 21.1 Å². The first kappa shape index (κ1) is 16.4. The van der Waals surface area contributed by atoms with E-state index < -0.39 is 6.03 Å². The Morgan fingerprint density at radius 1 is 1.09 bits per heavy atom. The summed E-state index contributed by atoms with van der Waals surface area (Å²) in [5.74, 6) is 1.24. The Morgan fingerprint density at radius 2 is 1.83 bits per heavy atom. The monoisotopic (exact) mass is 313 g/mol. The van der Waals surface area contributed by atoms with Crippen molar-refractivity contribution in [1.82, 2.24) is 5.32 Å². The average Bonchev–Trinajstić information content (AvgIpc) is 2.49. The van der Waals surface area contributed by atoms with Gasteiger partial charge < -0.3 is 21.1 Å². The third kappa shape index (κ3) is 5.70. The van der Waals surface area contributed by atoms with Gasteiger partial charge in [0.2, 0.25) is 5.91 Å². The van der Waals surface area contributed by atoms with Gasteiger partial charge in [-0.1, -0.05) is 12.1 Å². The lowest BCUT2D eigenvalue weighted by Gasteiger charge is -2.08. The zero-order valence-corrected chi connectivity index (χ0v) is 12.8. The number of primary amides is 1. The number of nitrogens with one attached hydrogen (secondary N) is 2. The number of rotatable bonds is 6. The fourth-order valence-electron chi connectivity index (χ4n) is 1.94. The van der Waals surface area contributed by atoms with Crippen LogP contribution in [0.3, 0.4) is 0 Å². The molecule has 0 radical (unpaired) electrons. The lowest BCUT2D eigenvalue weighted by Crippen LogP contribution is -2.32. The number of aryl methyl sites for hydroxylation is 1. The van der Waals surface area contributed by atoms with Gasteiger partial charge in [0, 0.05) is 18.7 Å². The standard InChI is InChI=1S/C17H19N3O3/c1-12-3-2-4-15(11-12)23-14-7-5-13(6-8-14)20-16(21)9-10-19-17(18)22/h2-8,11H,9-10H2,1H3,(H,20,21)(H3,18,19,22). The largest absolute Gasteiger partial charge is 0.457 e. The maximum absolute atomic E-state index is 11.7. The SMILES string of the molecule is Cc1cccc(Oc2ccc(NC(=O)CCNC(N)=O)cc2)c1. The molecule has 6 nitrogen and oxygen atoms in total. The van der Waals surface area contributed by atoms with Crippen molar-refractivity contribution in [2.45, 2.75) is 13.3 Å². The van der Waals surface area contributed by atoms with Crippen molar-refractivity contribution in [1.29, 1.82) is 0 Å². The van der Waals surface area contributed by atoms with Crippen LogP contribution in [0, 0.1) is 6.92 Å². The summed E-state index contributed by atoms with van der Waals surface area (Å²) in [6.07, 6.45) is 0.157. The summed E-state index contributed by atoms with van der Waals surface area (Å²) >= 11 is 0. The Bertz CT molecular complexity index is 684. The molecule has 6 heteroatoms. The predicted octanol–water partition coefficient (Wildman–Crippen LogP) is 2.78. The molecule has 0 saturated carbocycles.